The van der Waals surface area contributed by atoms with Crippen molar-refractivity contribution >= 4 is 37.5 Å². The molecule has 2 aromatic carbocycles. The predicted molar refractivity (Wildman–Crippen MR) is 94.0 cm³/mol. The lowest BCUT2D eigenvalue weighted by molar-refractivity contribution is -0.117. The van der Waals surface area contributed by atoms with E-state index in [1.54, 1.807) is 12.1 Å². The van der Waals surface area contributed by atoms with Crippen molar-refractivity contribution in [2.75, 3.05) is 5.32 Å². The van der Waals surface area contributed by atoms with Crippen LogP contribution in [0.2, 0.25) is 0 Å². The molecular weight excluding hydrogens is 392 g/mol. The first-order valence-electron chi connectivity index (χ1n) is 7.57. The summed E-state index contributed by atoms with van der Waals surface area (Å²) in [5.41, 5.74) is 2.99. The number of hydrogen-bond acceptors (Lipinski definition) is 3. The minimum atomic E-state index is -3.78. The van der Waals surface area contributed by atoms with E-state index in [0.717, 1.165) is 10.9 Å². The maximum atomic E-state index is 12.5. The van der Waals surface area contributed by atoms with Crippen LogP contribution < -0.4 is 10.5 Å². The van der Waals surface area contributed by atoms with E-state index in [4.69, 9.17) is 5.14 Å². The summed E-state index contributed by atoms with van der Waals surface area (Å²) in [6.07, 6.45) is 0.900. The van der Waals surface area contributed by atoms with Crippen molar-refractivity contribution in [1.82, 2.24) is 0 Å². The summed E-state index contributed by atoms with van der Waals surface area (Å²) >= 11 is 3.56. The Labute approximate surface area is 148 Å². The molecule has 3 atom stereocenters. The number of benzene rings is 2. The number of nitrogens with one attached hydrogen (secondary N) is 1. The number of nitrogens with two attached hydrogens (primary N) is 1. The fourth-order valence-electron chi connectivity index (χ4n) is 3.72. The average molecular weight is 407 g/mol. The van der Waals surface area contributed by atoms with E-state index >= 15 is 0 Å². The van der Waals surface area contributed by atoms with E-state index in [2.05, 4.69) is 27.3 Å². The molecule has 2 aliphatic carbocycles. The van der Waals surface area contributed by atoms with Crippen molar-refractivity contribution in [1.29, 1.82) is 0 Å². The fraction of sp³-hybridized carbons (Fsp3) is 0.235. The maximum absolute atomic E-state index is 12.5. The maximum Gasteiger partial charge on any atom is 0.238 e. The third-order valence-electron chi connectivity index (χ3n) is 4.86. The third-order valence-corrected chi connectivity index (χ3v) is 6.51. The van der Waals surface area contributed by atoms with Crippen LogP contribution in [0.3, 0.4) is 0 Å². The zero-order valence-electron chi connectivity index (χ0n) is 12.6. The van der Waals surface area contributed by atoms with Gasteiger partial charge in [0.15, 0.2) is 0 Å². The molecule has 0 spiro atoms. The molecule has 2 aliphatic rings. The Morgan fingerprint density at radius 1 is 1.21 bits per heavy atom. The number of amides is 1. The minimum absolute atomic E-state index is 0.00873. The summed E-state index contributed by atoms with van der Waals surface area (Å²) in [5, 5.41) is 7.95. The Bertz CT molecular complexity index is 958. The summed E-state index contributed by atoms with van der Waals surface area (Å²) in [6.45, 7) is 0. The molecule has 0 aliphatic heterocycles. The number of primary sulfonamides is 1. The highest BCUT2D eigenvalue weighted by Gasteiger charge is 2.59. The Morgan fingerprint density at radius 3 is 2.71 bits per heavy atom. The molecule has 1 fully saturated rings. The lowest BCUT2D eigenvalue weighted by Crippen LogP contribution is -2.18. The van der Waals surface area contributed by atoms with Gasteiger partial charge in [-0.3, -0.25) is 4.79 Å². The first-order chi connectivity index (χ1) is 11.4. The summed E-state index contributed by atoms with van der Waals surface area (Å²) < 4.78 is 23.9. The highest BCUT2D eigenvalue weighted by atomic mass is 79.9. The largest absolute Gasteiger partial charge is 0.326 e. The van der Waals surface area contributed by atoms with Gasteiger partial charge in [0.25, 0.3) is 0 Å². The molecule has 24 heavy (non-hydrogen) atoms. The topological polar surface area (TPSA) is 89.3 Å². The van der Waals surface area contributed by atoms with Crippen molar-refractivity contribution in [2.45, 2.75) is 17.2 Å². The molecule has 1 saturated carbocycles. The standard InChI is InChI=1S/C17H15BrN2O3S/c18-14-6-2-5-11-12(14)8-13-15(11)16(13)17(21)20-9-3-1-4-10(7-9)24(19,22)23/h1-7,13,15-16H,8H2,(H,20,21)(H2,19,22,23). The van der Waals surface area contributed by atoms with Crippen LogP contribution in [-0.2, 0) is 21.2 Å². The summed E-state index contributed by atoms with van der Waals surface area (Å²) in [5.74, 6) is 0.478. The van der Waals surface area contributed by atoms with Gasteiger partial charge in [0.1, 0.15) is 0 Å². The van der Waals surface area contributed by atoms with Crippen molar-refractivity contribution in [3.63, 3.8) is 0 Å². The van der Waals surface area contributed by atoms with Gasteiger partial charge in [0.05, 0.1) is 4.90 Å². The van der Waals surface area contributed by atoms with Crippen LogP contribution in [0.1, 0.15) is 17.0 Å². The van der Waals surface area contributed by atoms with Crippen LogP contribution >= 0.6 is 15.9 Å². The smallest absolute Gasteiger partial charge is 0.238 e. The van der Waals surface area contributed by atoms with E-state index in [9.17, 15) is 13.2 Å². The summed E-state index contributed by atoms with van der Waals surface area (Å²) in [7, 11) is -3.78. The zero-order valence-corrected chi connectivity index (χ0v) is 15.0. The molecule has 0 radical (unpaired) electrons. The average Bonchev–Trinajstić information content (AvgIpc) is 3.11. The van der Waals surface area contributed by atoms with Crippen LogP contribution in [0.4, 0.5) is 5.69 Å². The van der Waals surface area contributed by atoms with Gasteiger partial charge in [0, 0.05) is 22.0 Å². The summed E-state index contributed by atoms with van der Waals surface area (Å²) in [4.78, 5) is 12.5. The number of sulfonamides is 1. The molecular formula is C17H15BrN2O3S. The van der Waals surface area contributed by atoms with Gasteiger partial charge in [-0.1, -0.05) is 34.1 Å². The lowest BCUT2D eigenvalue weighted by atomic mass is 10.0. The predicted octanol–water partition coefficient (Wildman–Crippen LogP) is 2.62. The van der Waals surface area contributed by atoms with E-state index in [-0.39, 0.29) is 22.6 Å². The van der Waals surface area contributed by atoms with Gasteiger partial charge in [0.2, 0.25) is 15.9 Å². The quantitative estimate of drug-likeness (QED) is 0.820. The van der Waals surface area contributed by atoms with Crippen molar-refractivity contribution < 1.29 is 13.2 Å². The van der Waals surface area contributed by atoms with Gasteiger partial charge in [-0.2, -0.15) is 0 Å². The van der Waals surface area contributed by atoms with Crippen LogP contribution in [0, 0.1) is 11.8 Å². The zero-order chi connectivity index (χ0) is 17.1. The normalized spacial score (nSPS) is 24.2. The van der Waals surface area contributed by atoms with Gasteiger partial charge >= 0.3 is 0 Å². The lowest BCUT2D eigenvalue weighted by Gasteiger charge is -2.10. The molecule has 0 heterocycles. The Morgan fingerprint density at radius 2 is 1.96 bits per heavy atom. The molecule has 124 valence electrons. The second-order valence-corrected chi connectivity index (χ2v) is 8.71. The van der Waals surface area contributed by atoms with Crippen LogP contribution in [0.15, 0.2) is 51.8 Å². The van der Waals surface area contributed by atoms with E-state index in [1.165, 1.54) is 23.3 Å². The molecule has 0 saturated heterocycles. The van der Waals surface area contributed by atoms with Crippen molar-refractivity contribution in [3.05, 3.63) is 58.1 Å². The number of rotatable bonds is 3. The number of carbonyl (C=O) groups excluding carboxylic acids is 1. The molecule has 0 aromatic heterocycles. The van der Waals surface area contributed by atoms with E-state index in [1.807, 2.05) is 12.1 Å². The van der Waals surface area contributed by atoms with E-state index in [0.29, 0.717) is 11.6 Å². The van der Waals surface area contributed by atoms with Crippen LogP contribution in [-0.4, -0.2) is 14.3 Å². The molecule has 1 amide bonds. The second kappa shape index (κ2) is 5.40. The van der Waals surface area contributed by atoms with Crippen molar-refractivity contribution in [2.24, 2.45) is 17.0 Å². The molecule has 0 bridgehead atoms. The number of fused-ring (bicyclic) bond motifs is 3. The Kier molecular flexibility index (Phi) is 3.56. The molecule has 3 unspecified atom stereocenters. The summed E-state index contributed by atoms with van der Waals surface area (Å²) in [6, 6.07) is 12.1. The molecule has 3 N–H and O–H groups in total. The van der Waals surface area contributed by atoms with Gasteiger partial charge < -0.3 is 5.32 Å². The first-order valence-corrected chi connectivity index (χ1v) is 9.91. The Balaban J connectivity index is 1.52. The first kappa shape index (κ1) is 15.8. The fourth-order valence-corrected chi connectivity index (χ4v) is 4.83. The highest BCUT2D eigenvalue weighted by Crippen LogP contribution is 2.62. The molecule has 4 rings (SSSR count). The van der Waals surface area contributed by atoms with Gasteiger partial charge in [-0.25, -0.2) is 13.6 Å². The molecule has 5 nitrogen and oxygen atoms in total. The van der Waals surface area contributed by atoms with Crippen molar-refractivity contribution in [3.8, 4) is 0 Å². The number of carbonyl (C=O) groups is 1. The van der Waals surface area contributed by atoms with Gasteiger partial charge in [-0.15, -0.1) is 0 Å². The molecule has 7 heteroatoms. The minimum Gasteiger partial charge on any atom is -0.326 e. The van der Waals surface area contributed by atoms with Crippen LogP contribution in [0.25, 0.3) is 0 Å². The SMILES string of the molecule is NS(=O)(=O)c1cccc(NC(=O)C2C3Cc4c(Br)cccc4C32)c1. The number of halogens is 1. The highest BCUT2D eigenvalue weighted by molar-refractivity contribution is 9.10. The van der Waals surface area contributed by atoms with Gasteiger partial charge in [-0.05, 0) is 47.7 Å². The Hall–Kier alpha value is -1.70. The third kappa shape index (κ3) is 2.56. The number of hydrogen-bond donors (Lipinski definition) is 2. The number of anilines is 1. The van der Waals surface area contributed by atoms with E-state index < -0.39 is 10.0 Å². The second-order valence-electron chi connectivity index (χ2n) is 6.29. The monoisotopic (exact) mass is 406 g/mol. The van der Waals surface area contributed by atoms with Crippen LogP contribution in [0.5, 0.6) is 0 Å². The molecule has 2 aromatic rings.